The number of hydrogen-bond acceptors (Lipinski definition) is 2. The van der Waals surface area contributed by atoms with E-state index in [2.05, 4.69) is 6.58 Å². The Morgan fingerprint density at radius 3 is 1.93 bits per heavy atom. The van der Waals surface area contributed by atoms with Crippen molar-refractivity contribution in [1.82, 2.24) is 0 Å². The van der Waals surface area contributed by atoms with Gasteiger partial charge in [0.1, 0.15) is 6.29 Å². The molecule has 0 aliphatic rings. The van der Waals surface area contributed by atoms with Crippen LogP contribution in [0.2, 0.25) is 0 Å². The maximum atomic E-state index is 10.3. The maximum absolute atomic E-state index is 10.3. The van der Waals surface area contributed by atoms with Crippen molar-refractivity contribution in [3.05, 3.63) is 42.5 Å². The summed E-state index contributed by atoms with van der Waals surface area (Å²) < 4.78 is 0. The molecular weight excluding hydrogens is 174 g/mol. The van der Waals surface area contributed by atoms with Gasteiger partial charge < -0.3 is 4.90 Å². The molecule has 0 fully saturated rings. The van der Waals surface area contributed by atoms with Crippen LogP contribution in [-0.4, -0.2) is 20.4 Å². The molecule has 0 aliphatic carbocycles. The van der Waals surface area contributed by atoms with Gasteiger partial charge in [0.15, 0.2) is 0 Å². The molecule has 0 spiro atoms. The third-order valence-corrected chi connectivity index (χ3v) is 1.55. The molecule has 0 unspecified atom stereocenters. The lowest BCUT2D eigenvalue weighted by Crippen LogP contribution is -2.08. The van der Waals surface area contributed by atoms with Crippen LogP contribution in [0.1, 0.15) is 17.3 Å². The Hall–Kier alpha value is -1.57. The first kappa shape index (κ1) is 12.4. The Morgan fingerprint density at radius 2 is 1.64 bits per heavy atom. The Morgan fingerprint density at radius 1 is 1.21 bits per heavy atom. The second kappa shape index (κ2) is 6.89. The van der Waals surface area contributed by atoms with Crippen LogP contribution in [0.25, 0.3) is 0 Å². The van der Waals surface area contributed by atoms with Crippen LogP contribution in [0.5, 0.6) is 0 Å². The van der Waals surface area contributed by atoms with Crippen LogP contribution in [0.4, 0.5) is 5.69 Å². The van der Waals surface area contributed by atoms with Crippen LogP contribution in [-0.2, 0) is 0 Å². The Balaban J connectivity index is 0.000000500. The third-order valence-electron chi connectivity index (χ3n) is 1.55. The van der Waals surface area contributed by atoms with Gasteiger partial charge in [0, 0.05) is 25.3 Å². The van der Waals surface area contributed by atoms with Gasteiger partial charge in [0.25, 0.3) is 0 Å². The predicted molar refractivity (Wildman–Crippen MR) is 62.0 cm³/mol. The number of hydrogen-bond donors (Lipinski definition) is 0. The summed E-state index contributed by atoms with van der Waals surface area (Å²) >= 11 is 0. The first-order valence-corrected chi connectivity index (χ1v) is 4.45. The van der Waals surface area contributed by atoms with Crippen molar-refractivity contribution in [1.29, 1.82) is 0 Å². The molecule has 76 valence electrons. The van der Waals surface area contributed by atoms with Crippen molar-refractivity contribution < 1.29 is 4.79 Å². The lowest BCUT2D eigenvalue weighted by atomic mass is 10.2. The number of carbonyl (C=O) groups excluding carboxylic acids is 1. The average Bonchev–Trinajstić information content (AvgIpc) is 2.19. The molecule has 0 N–H and O–H groups in total. The Bertz CT molecular complexity index is 275. The zero-order valence-corrected chi connectivity index (χ0v) is 9.03. The second-order valence-corrected chi connectivity index (χ2v) is 3.01. The monoisotopic (exact) mass is 191 g/mol. The molecule has 0 bridgehead atoms. The van der Waals surface area contributed by atoms with E-state index in [9.17, 15) is 4.79 Å². The zero-order valence-electron chi connectivity index (χ0n) is 9.03. The largest absolute Gasteiger partial charge is 0.378 e. The standard InChI is InChI=1S/C9H11NO.C3H6/c1-10(2)9-5-3-8(7-11)4-6-9;1-3-2/h3-7H,1-2H3;3H,1H2,2H3. The topological polar surface area (TPSA) is 20.3 Å². The maximum Gasteiger partial charge on any atom is 0.150 e. The third kappa shape index (κ3) is 4.45. The number of anilines is 1. The van der Waals surface area contributed by atoms with Crippen LogP contribution in [0.3, 0.4) is 0 Å². The average molecular weight is 191 g/mol. The summed E-state index contributed by atoms with van der Waals surface area (Å²) in [6.45, 7) is 5.25. The minimum atomic E-state index is 0.718. The molecule has 2 nitrogen and oxygen atoms in total. The molecule has 0 saturated heterocycles. The summed E-state index contributed by atoms with van der Waals surface area (Å²) in [6.07, 6.45) is 2.60. The lowest BCUT2D eigenvalue weighted by molar-refractivity contribution is 0.112. The smallest absolute Gasteiger partial charge is 0.150 e. The molecule has 0 aromatic heterocycles. The molecule has 0 atom stereocenters. The lowest BCUT2D eigenvalue weighted by Gasteiger charge is -2.11. The molecule has 14 heavy (non-hydrogen) atoms. The van der Waals surface area contributed by atoms with Gasteiger partial charge in [-0.1, -0.05) is 6.08 Å². The van der Waals surface area contributed by atoms with E-state index >= 15 is 0 Å². The second-order valence-electron chi connectivity index (χ2n) is 3.01. The minimum Gasteiger partial charge on any atom is -0.378 e. The van der Waals surface area contributed by atoms with Gasteiger partial charge in [0.05, 0.1) is 0 Å². The molecule has 0 heterocycles. The fourth-order valence-corrected chi connectivity index (χ4v) is 0.851. The van der Waals surface area contributed by atoms with Crippen LogP contribution < -0.4 is 4.90 Å². The fraction of sp³-hybridized carbons (Fsp3) is 0.250. The van der Waals surface area contributed by atoms with Gasteiger partial charge in [-0.3, -0.25) is 4.79 Å². The van der Waals surface area contributed by atoms with Crippen LogP contribution in [0.15, 0.2) is 36.9 Å². The number of nitrogens with zero attached hydrogens (tertiary/aromatic N) is 1. The van der Waals surface area contributed by atoms with Crippen molar-refractivity contribution in [2.24, 2.45) is 0 Å². The molecule has 1 rings (SSSR count). The zero-order chi connectivity index (χ0) is 11.0. The highest BCUT2D eigenvalue weighted by atomic mass is 16.1. The van der Waals surface area contributed by atoms with E-state index in [1.54, 1.807) is 6.08 Å². The van der Waals surface area contributed by atoms with E-state index in [1.165, 1.54) is 0 Å². The molecule has 0 saturated carbocycles. The number of allylic oxidation sites excluding steroid dienone is 1. The van der Waals surface area contributed by atoms with Gasteiger partial charge >= 0.3 is 0 Å². The number of rotatable bonds is 2. The quantitative estimate of drug-likeness (QED) is 0.529. The van der Waals surface area contributed by atoms with Crippen LogP contribution in [0, 0.1) is 0 Å². The molecule has 0 radical (unpaired) electrons. The van der Waals surface area contributed by atoms with Crippen molar-refractivity contribution in [3.8, 4) is 0 Å². The van der Waals surface area contributed by atoms with Gasteiger partial charge in [-0.25, -0.2) is 0 Å². The normalized spacial score (nSPS) is 8.21. The van der Waals surface area contributed by atoms with Crippen LogP contribution >= 0.6 is 0 Å². The molecule has 0 amide bonds. The highest BCUT2D eigenvalue weighted by molar-refractivity contribution is 5.75. The minimum absolute atomic E-state index is 0.718. The summed E-state index contributed by atoms with van der Waals surface area (Å²) in [5.74, 6) is 0. The van der Waals surface area contributed by atoms with E-state index in [1.807, 2.05) is 50.2 Å². The number of aldehydes is 1. The highest BCUT2D eigenvalue weighted by Gasteiger charge is 1.93. The van der Waals surface area contributed by atoms with Crippen molar-refractivity contribution >= 4 is 12.0 Å². The first-order chi connectivity index (χ1) is 6.65. The van der Waals surface area contributed by atoms with E-state index in [0.29, 0.717) is 0 Å². The first-order valence-electron chi connectivity index (χ1n) is 4.45. The molecule has 1 aromatic rings. The van der Waals surface area contributed by atoms with E-state index in [0.717, 1.165) is 17.5 Å². The summed E-state index contributed by atoms with van der Waals surface area (Å²) in [5.41, 5.74) is 1.83. The summed E-state index contributed by atoms with van der Waals surface area (Å²) in [5, 5.41) is 0. The highest BCUT2D eigenvalue weighted by Crippen LogP contribution is 2.10. The molecule has 0 aliphatic heterocycles. The predicted octanol–water partition coefficient (Wildman–Crippen LogP) is 2.76. The Kier molecular flexibility index (Phi) is 6.12. The van der Waals surface area contributed by atoms with Crippen molar-refractivity contribution in [2.45, 2.75) is 6.92 Å². The van der Waals surface area contributed by atoms with E-state index in [-0.39, 0.29) is 0 Å². The SMILES string of the molecule is C=CC.CN(C)c1ccc(C=O)cc1. The molecule has 2 heteroatoms. The van der Waals surface area contributed by atoms with E-state index in [4.69, 9.17) is 0 Å². The van der Waals surface area contributed by atoms with Gasteiger partial charge in [-0.2, -0.15) is 0 Å². The molecular formula is C12H17NO. The summed E-state index contributed by atoms with van der Waals surface area (Å²) in [7, 11) is 3.94. The van der Waals surface area contributed by atoms with Crippen molar-refractivity contribution in [3.63, 3.8) is 0 Å². The Labute approximate surface area is 85.9 Å². The number of carbonyl (C=O) groups is 1. The van der Waals surface area contributed by atoms with Gasteiger partial charge in [-0.15, -0.1) is 6.58 Å². The van der Waals surface area contributed by atoms with E-state index < -0.39 is 0 Å². The van der Waals surface area contributed by atoms with Gasteiger partial charge in [0.2, 0.25) is 0 Å². The summed E-state index contributed by atoms with van der Waals surface area (Å²) in [6, 6.07) is 7.46. The number of benzene rings is 1. The fourth-order valence-electron chi connectivity index (χ4n) is 0.851. The van der Waals surface area contributed by atoms with Crippen molar-refractivity contribution in [2.75, 3.05) is 19.0 Å². The van der Waals surface area contributed by atoms with Gasteiger partial charge in [-0.05, 0) is 31.2 Å². The molecule has 1 aromatic carbocycles. The summed E-state index contributed by atoms with van der Waals surface area (Å²) in [4.78, 5) is 12.3.